The number of hydrogen-bond donors (Lipinski definition) is 1. The van der Waals surface area contributed by atoms with Gasteiger partial charge in [-0.25, -0.2) is 8.42 Å². The molecule has 0 spiro atoms. The summed E-state index contributed by atoms with van der Waals surface area (Å²) in [5, 5.41) is 3.43. The molecule has 1 atom stereocenters. The fourth-order valence-corrected chi connectivity index (χ4v) is 6.74. The van der Waals surface area contributed by atoms with E-state index in [-0.39, 0.29) is 41.2 Å². The van der Waals surface area contributed by atoms with Gasteiger partial charge in [0.2, 0.25) is 11.8 Å². The number of aryl methyl sites for hydroxylation is 2. The summed E-state index contributed by atoms with van der Waals surface area (Å²) in [5.41, 5.74) is 3.42. The van der Waals surface area contributed by atoms with Crippen LogP contribution in [-0.4, -0.2) is 50.9 Å². The summed E-state index contributed by atoms with van der Waals surface area (Å²) in [6.07, 6.45) is 0.212. The molecule has 0 fully saturated rings. The molecule has 4 aromatic rings. The van der Waals surface area contributed by atoms with Gasteiger partial charge in [0.15, 0.2) is 0 Å². The standard InChI is InChI=1S/C36H40ClN3O5S/c1-25(2)38-36(42)33(22-28-10-7-6-8-11-28)39(23-29-12-9-13-30(37)21-29)35(41)24-40(32-20-27(4)16-19-34(32)45-5)46(43,44)31-17-14-26(3)15-18-31/h6-21,25,33H,22-24H2,1-5H3,(H,38,42). The Morgan fingerprint density at radius 3 is 2.13 bits per heavy atom. The summed E-state index contributed by atoms with van der Waals surface area (Å²) in [4.78, 5) is 29.9. The van der Waals surface area contributed by atoms with E-state index in [0.717, 1.165) is 21.0 Å². The Labute approximate surface area is 277 Å². The van der Waals surface area contributed by atoms with Crippen LogP contribution >= 0.6 is 11.6 Å². The molecule has 0 heterocycles. The van der Waals surface area contributed by atoms with Gasteiger partial charge in [-0.15, -0.1) is 0 Å². The molecule has 0 saturated heterocycles. The van der Waals surface area contributed by atoms with E-state index < -0.39 is 28.5 Å². The maximum Gasteiger partial charge on any atom is 0.264 e. The van der Waals surface area contributed by atoms with Crippen molar-refractivity contribution in [3.8, 4) is 5.75 Å². The number of hydrogen-bond acceptors (Lipinski definition) is 5. The fourth-order valence-electron chi connectivity index (χ4n) is 5.11. The molecule has 0 aromatic heterocycles. The summed E-state index contributed by atoms with van der Waals surface area (Å²) in [6.45, 7) is 6.83. The highest BCUT2D eigenvalue weighted by atomic mass is 35.5. The molecule has 46 heavy (non-hydrogen) atoms. The van der Waals surface area contributed by atoms with Gasteiger partial charge in [-0.2, -0.15) is 0 Å². The second kappa shape index (κ2) is 15.3. The number of methoxy groups -OCH3 is 1. The van der Waals surface area contributed by atoms with Gasteiger partial charge in [0.05, 0.1) is 17.7 Å². The first kappa shape index (κ1) is 34.5. The number of amides is 2. The molecule has 10 heteroatoms. The van der Waals surface area contributed by atoms with Gasteiger partial charge < -0.3 is 15.0 Å². The summed E-state index contributed by atoms with van der Waals surface area (Å²) >= 11 is 6.32. The summed E-state index contributed by atoms with van der Waals surface area (Å²) in [7, 11) is -2.82. The van der Waals surface area contributed by atoms with Crippen molar-refractivity contribution in [1.29, 1.82) is 0 Å². The van der Waals surface area contributed by atoms with Gasteiger partial charge in [0.1, 0.15) is 18.3 Å². The molecule has 0 radical (unpaired) electrons. The van der Waals surface area contributed by atoms with Crippen molar-refractivity contribution in [3.63, 3.8) is 0 Å². The smallest absolute Gasteiger partial charge is 0.264 e. The second-order valence-electron chi connectivity index (χ2n) is 11.5. The Balaban J connectivity index is 1.86. The first-order valence-electron chi connectivity index (χ1n) is 15.0. The van der Waals surface area contributed by atoms with Crippen LogP contribution in [0.15, 0.2) is 102 Å². The highest BCUT2D eigenvalue weighted by molar-refractivity contribution is 7.92. The van der Waals surface area contributed by atoms with Gasteiger partial charge >= 0.3 is 0 Å². The predicted molar refractivity (Wildman–Crippen MR) is 183 cm³/mol. The number of ether oxygens (including phenoxy) is 1. The van der Waals surface area contributed by atoms with Crippen LogP contribution in [0.2, 0.25) is 5.02 Å². The number of nitrogens with zero attached hydrogens (tertiary/aromatic N) is 2. The van der Waals surface area contributed by atoms with Crippen LogP contribution in [0.3, 0.4) is 0 Å². The van der Waals surface area contributed by atoms with E-state index in [1.165, 1.54) is 24.1 Å². The fraction of sp³-hybridized carbons (Fsp3) is 0.278. The molecule has 0 aliphatic rings. The number of sulfonamides is 1. The summed E-state index contributed by atoms with van der Waals surface area (Å²) < 4.78 is 35.3. The zero-order chi connectivity index (χ0) is 33.4. The number of halogens is 1. The molecule has 242 valence electrons. The number of anilines is 1. The number of benzene rings is 4. The minimum absolute atomic E-state index is 0.0196. The lowest BCUT2D eigenvalue weighted by molar-refractivity contribution is -0.140. The zero-order valence-corrected chi connectivity index (χ0v) is 28.3. The topological polar surface area (TPSA) is 96.0 Å². The third-order valence-electron chi connectivity index (χ3n) is 7.43. The van der Waals surface area contributed by atoms with Crippen LogP contribution in [0.1, 0.15) is 36.1 Å². The Kier molecular flexibility index (Phi) is 11.5. The van der Waals surface area contributed by atoms with E-state index in [1.807, 2.05) is 64.1 Å². The molecule has 0 aliphatic carbocycles. The quantitative estimate of drug-likeness (QED) is 0.181. The molecule has 8 nitrogen and oxygen atoms in total. The van der Waals surface area contributed by atoms with Crippen LogP contribution < -0.4 is 14.4 Å². The molecule has 1 N–H and O–H groups in total. The van der Waals surface area contributed by atoms with E-state index in [1.54, 1.807) is 48.5 Å². The maximum atomic E-state index is 14.6. The van der Waals surface area contributed by atoms with Gasteiger partial charge in [-0.1, -0.05) is 77.8 Å². The minimum atomic E-state index is -4.27. The van der Waals surface area contributed by atoms with Crippen molar-refractivity contribution in [2.75, 3.05) is 18.0 Å². The summed E-state index contributed by atoms with van der Waals surface area (Å²) in [6, 6.07) is 26.9. The average molecular weight is 662 g/mol. The monoisotopic (exact) mass is 661 g/mol. The van der Waals surface area contributed by atoms with Crippen LogP contribution in [0.4, 0.5) is 5.69 Å². The molecule has 0 bridgehead atoms. The summed E-state index contributed by atoms with van der Waals surface area (Å²) in [5.74, 6) is -0.636. The third kappa shape index (κ3) is 8.68. The van der Waals surface area contributed by atoms with E-state index in [4.69, 9.17) is 16.3 Å². The first-order chi connectivity index (χ1) is 21.9. The van der Waals surface area contributed by atoms with Crippen LogP contribution in [-0.2, 0) is 32.6 Å². The van der Waals surface area contributed by atoms with Crippen molar-refractivity contribution in [2.45, 2.75) is 57.6 Å². The SMILES string of the molecule is COc1ccc(C)cc1N(CC(=O)N(Cc1cccc(Cl)c1)C(Cc1ccccc1)C(=O)NC(C)C)S(=O)(=O)c1ccc(C)cc1. The Hall–Kier alpha value is -4.34. The van der Waals surface area contributed by atoms with Gasteiger partial charge in [0.25, 0.3) is 10.0 Å². The lowest BCUT2D eigenvalue weighted by Gasteiger charge is -2.34. The van der Waals surface area contributed by atoms with Crippen molar-refractivity contribution >= 4 is 39.1 Å². The number of rotatable bonds is 13. The normalized spacial score (nSPS) is 12.0. The Morgan fingerprint density at radius 1 is 0.848 bits per heavy atom. The van der Waals surface area contributed by atoms with Crippen LogP contribution in [0, 0.1) is 13.8 Å². The lowest BCUT2D eigenvalue weighted by Crippen LogP contribution is -2.54. The molecule has 1 unspecified atom stereocenters. The van der Waals surface area contributed by atoms with E-state index in [9.17, 15) is 18.0 Å². The van der Waals surface area contributed by atoms with Crippen molar-refractivity contribution < 1.29 is 22.7 Å². The molecular weight excluding hydrogens is 622 g/mol. The highest BCUT2D eigenvalue weighted by Crippen LogP contribution is 2.34. The van der Waals surface area contributed by atoms with Gasteiger partial charge in [-0.05, 0) is 80.8 Å². The lowest BCUT2D eigenvalue weighted by atomic mass is 10.0. The van der Waals surface area contributed by atoms with E-state index in [0.29, 0.717) is 10.6 Å². The van der Waals surface area contributed by atoms with Crippen molar-refractivity contribution in [3.05, 3.63) is 124 Å². The van der Waals surface area contributed by atoms with Crippen LogP contribution in [0.25, 0.3) is 0 Å². The first-order valence-corrected chi connectivity index (χ1v) is 16.8. The maximum absolute atomic E-state index is 14.6. The number of nitrogens with one attached hydrogen (secondary N) is 1. The van der Waals surface area contributed by atoms with E-state index >= 15 is 0 Å². The van der Waals surface area contributed by atoms with Gasteiger partial charge in [0, 0.05) is 24.0 Å². The Bertz CT molecular complexity index is 1760. The Morgan fingerprint density at radius 2 is 1.50 bits per heavy atom. The molecule has 4 rings (SSSR count). The molecule has 2 amide bonds. The zero-order valence-electron chi connectivity index (χ0n) is 26.7. The third-order valence-corrected chi connectivity index (χ3v) is 9.44. The highest BCUT2D eigenvalue weighted by Gasteiger charge is 2.35. The average Bonchev–Trinajstić information content (AvgIpc) is 3.01. The van der Waals surface area contributed by atoms with Crippen molar-refractivity contribution in [1.82, 2.24) is 10.2 Å². The number of carbonyl (C=O) groups is 2. The van der Waals surface area contributed by atoms with Crippen molar-refractivity contribution in [2.24, 2.45) is 0 Å². The second-order valence-corrected chi connectivity index (χ2v) is 13.8. The molecule has 0 aliphatic heterocycles. The van der Waals surface area contributed by atoms with E-state index in [2.05, 4.69) is 5.32 Å². The largest absolute Gasteiger partial charge is 0.495 e. The molecule has 4 aromatic carbocycles. The number of carbonyl (C=O) groups excluding carboxylic acids is 2. The van der Waals surface area contributed by atoms with Crippen LogP contribution in [0.5, 0.6) is 5.75 Å². The minimum Gasteiger partial charge on any atom is -0.495 e. The predicted octanol–water partition coefficient (Wildman–Crippen LogP) is 6.33. The van der Waals surface area contributed by atoms with Gasteiger partial charge in [-0.3, -0.25) is 13.9 Å². The molecular formula is C36H40ClN3O5S. The molecule has 0 saturated carbocycles.